The van der Waals surface area contributed by atoms with Crippen molar-refractivity contribution < 1.29 is 14.3 Å². The van der Waals surface area contributed by atoms with Crippen LogP contribution in [-0.2, 0) is 23.1 Å². The van der Waals surface area contributed by atoms with Gasteiger partial charge in [0.05, 0.1) is 29.7 Å². The highest BCUT2D eigenvalue weighted by atomic mass is 35.5. The zero-order chi connectivity index (χ0) is 15.6. The third kappa shape index (κ3) is 3.22. The third-order valence-corrected chi connectivity index (χ3v) is 3.19. The first kappa shape index (κ1) is 15.0. The summed E-state index contributed by atoms with van der Waals surface area (Å²) in [6, 6.07) is 0. The molecule has 1 N–H and O–H groups in total. The summed E-state index contributed by atoms with van der Waals surface area (Å²) in [6.45, 7) is 1.74. The molecule has 2 aromatic rings. The number of aryl methyl sites for hydroxylation is 1. The van der Waals surface area contributed by atoms with E-state index in [1.165, 1.54) is 28.9 Å². The number of aromatic nitrogens is 4. The van der Waals surface area contributed by atoms with Gasteiger partial charge in [0.1, 0.15) is 6.54 Å². The number of ether oxygens (including phenoxy) is 1. The minimum absolute atomic E-state index is 0.0198. The van der Waals surface area contributed by atoms with E-state index in [0.717, 1.165) is 0 Å². The standard InChI is InChI=1S/C12H14ClN5O3/c1-7-8(13)4-14-18(7)6-10(19)15-9-5-17(2)16-11(9)12(20)21-3/h4-5H,6H2,1-3H3,(H,15,19). The van der Waals surface area contributed by atoms with E-state index in [-0.39, 0.29) is 23.8 Å². The average molecular weight is 312 g/mol. The number of hydrogen-bond acceptors (Lipinski definition) is 5. The fourth-order valence-electron chi connectivity index (χ4n) is 1.74. The highest BCUT2D eigenvalue weighted by molar-refractivity contribution is 6.31. The van der Waals surface area contributed by atoms with Gasteiger partial charge in [0.2, 0.25) is 5.91 Å². The van der Waals surface area contributed by atoms with E-state index in [1.807, 2.05) is 0 Å². The van der Waals surface area contributed by atoms with Gasteiger partial charge in [-0.15, -0.1) is 0 Å². The molecule has 0 aliphatic carbocycles. The Kier molecular flexibility index (Phi) is 4.27. The van der Waals surface area contributed by atoms with Gasteiger partial charge in [0.25, 0.3) is 0 Å². The number of anilines is 1. The first-order valence-corrected chi connectivity index (χ1v) is 6.40. The van der Waals surface area contributed by atoms with Crippen LogP contribution in [0.2, 0.25) is 5.02 Å². The number of nitrogens with one attached hydrogen (secondary N) is 1. The van der Waals surface area contributed by atoms with Crippen LogP contribution in [0.15, 0.2) is 12.4 Å². The Bertz CT molecular complexity index is 691. The molecule has 0 unspecified atom stereocenters. The van der Waals surface area contributed by atoms with Crippen LogP contribution >= 0.6 is 11.6 Å². The van der Waals surface area contributed by atoms with E-state index in [4.69, 9.17) is 11.6 Å². The van der Waals surface area contributed by atoms with Crippen molar-refractivity contribution in [3.63, 3.8) is 0 Å². The molecule has 0 radical (unpaired) electrons. The lowest BCUT2D eigenvalue weighted by atomic mass is 10.3. The van der Waals surface area contributed by atoms with Gasteiger partial charge in [0, 0.05) is 13.2 Å². The zero-order valence-electron chi connectivity index (χ0n) is 11.8. The number of amides is 1. The van der Waals surface area contributed by atoms with Crippen molar-refractivity contribution in [2.75, 3.05) is 12.4 Å². The molecule has 112 valence electrons. The summed E-state index contributed by atoms with van der Waals surface area (Å²) in [6.07, 6.45) is 2.99. The summed E-state index contributed by atoms with van der Waals surface area (Å²) >= 11 is 5.87. The number of methoxy groups -OCH3 is 1. The molecule has 8 nitrogen and oxygen atoms in total. The number of carbonyl (C=O) groups is 2. The van der Waals surface area contributed by atoms with Gasteiger partial charge < -0.3 is 10.1 Å². The number of esters is 1. The van der Waals surface area contributed by atoms with Crippen LogP contribution in [0.5, 0.6) is 0 Å². The second-order valence-corrected chi connectivity index (χ2v) is 4.75. The molecule has 9 heteroatoms. The van der Waals surface area contributed by atoms with Gasteiger partial charge in [-0.2, -0.15) is 10.2 Å². The number of nitrogens with zero attached hydrogens (tertiary/aromatic N) is 4. The minimum Gasteiger partial charge on any atom is -0.464 e. The Morgan fingerprint density at radius 2 is 2.19 bits per heavy atom. The monoisotopic (exact) mass is 311 g/mol. The van der Waals surface area contributed by atoms with Crippen LogP contribution in [0.4, 0.5) is 5.69 Å². The van der Waals surface area contributed by atoms with E-state index in [1.54, 1.807) is 14.0 Å². The number of rotatable bonds is 4. The van der Waals surface area contributed by atoms with Crippen LogP contribution in [0.1, 0.15) is 16.2 Å². The van der Waals surface area contributed by atoms with Crippen molar-refractivity contribution in [2.24, 2.45) is 7.05 Å². The molecule has 0 spiro atoms. The molecule has 2 rings (SSSR count). The lowest BCUT2D eigenvalue weighted by Gasteiger charge is -2.06. The predicted molar refractivity (Wildman–Crippen MR) is 75.2 cm³/mol. The Labute approximate surface area is 125 Å². The van der Waals surface area contributed by atoms with Gasteiger partial charge in [-0.1, -0.05) is 11.6 Å². The lowest BCUT2D eigenvalue weighted by Crippen LogP contribution is -2.21. The SMILES string of the molecule is COC(=O)c1nn(C)cc1NC(=O)Cn1ncc(Cl)c1C. The maximum Gasteiger partial charge on any atom is 0.360 e. The summed E-state index contributed by atoms with van der Waals surface area (Å²) in [5.74, 6) is -0.972. The van der Waals surface area contributed by atoms with Gasteiger partial charge >= 0.3 is 5.97 Å². The molecule has 1 amide bonds. The molecular formula is C12H14ClN5O3. The Morgan fingerprint density at radius 1 is 1.48 bits per heavy atom. The number of halogens is 1. The molecule has 2 heterocycles. The quantitative estimate of drug-likeness (QED) is 0.851. The van der Waals surface area contributed by atoms with Gasteiger partial charge in [0.15, 0.2) is 5.69 Å². The molecule has 0 saturated heterocycles. The minimum atomic E-state index is -0.621. The van der Waals surface area contributed by atoms with E-state index in [0.29, 0.717) is 10.7 Å². The summed E-state index contributed by atoms with van der Waals surface area (Å²) in [4.78, 5) is 23.6. The second kappa shape index (κ2) is 5.96. The highest BCUT2D eigenvalue weighted by Crippen LogP contribution is 2.16. The normalized spacial score (nSPS) is 10.5. The summed E-state index contributed by atoms with van der Waals surface area (Å²) in [5, 5.41) is 11.0. The molecule has 2 aromatic heterocycles. The summed E-state index contributed by atoms with van der Waals surface area (Å²) < 4.78 is 7.49. The van der Waals surface area contributed by atoms with Crippen LogP contribution in [0.25, 0.3) is 0 Å². The molecule has 0 aliphatic heterocycles. The van der Waals surface area contributed by atoms with Crippen molar-refractivity contribution in [3.05, 3.63) is 28.8 Å². The Morgan fingerprint density at radius 3 is 2.76 bits per heavy atom. The van der Waals surface area contributed by atoms with Crippen LogP contribution < -0.4 is 5.32 Å². The molecule has 0 aliphatic rings. The fraction of sp³-hybridized carbons (Fsp3) is 0.333. The van der Waals surface area contributed by atoms with Crippen LogP contribution in [0.3, 0.4) is 0 Å². The van der Waals surface area contributed by atoms with Crippen molar-refractivity contribution in [3.8, 4) is 0 Å². The van der Waals surface area contributed by atoms with Gasteiger partial charge in [-0.25, -0.2) is 4.79 Å². The highest BCUT2D eigenvalue weighted by Gasteiger charge is 2.19. The fourth-order valence-corrected chi connectivity index (χ4v) is 1.88. The predicted octanol–water partition coefficient (Wildman–Crippen LogP) is 1.00. The summed E-state index contributed by atoms with van der Waals surface area (Å²) in [7, 11) is 2.89. The van der Waals surface area contributed by atoms with Crippen LogP contribution in [-0.4, -0.2) is 38.5 Å². The third-order valence-electron chi connectivity index (χ3n) is 2.82. The van der Waals surface area contributed by atoms with E-state index in [2.05, 4.69) is 20.3 Å². The smallest absolute Gasteiger partial charge is 0.360 e. The van der Waals surface area contributed by atoms with Gasteiger partial charge in [-0.05, 0) is 6.92 Å². The molecule has 21 heavy (non-hydrogen) atoms. The largest absolute Gasteiger partial charge is 0.464 e. The molecular weight excluding hydrogens is 298 g/mol. The average Bonchev–Trinajstić information content (AvgIpc) is 2.95. The molecule has 0 atom stereocenters. The van der Waals surface area contributed by atoms with Crippen molar-refractivity contribution in [2.45, 2.75) is 13.5 Å². The molecule has 0 aromatic carbocycles. The summed E-state index contributed by atoms with van der Waals surface area (Å²) in [5.41, 5.74) is 1.01. The van der Waals surface area contributed by atoms with Crippen LogP contribution in [0, 0.1) is 6.92 Å². The maximum atomic E-state index is 12.0. The van der Waals surface area contributed by atoms with E-state index >= 15 is 0 Å². The number of carbonyl (C=O) groups excluding carboxylic acids is 2. The first-order valence-electron chi connectivity index (χ1n) is 6.02. The topological polar surface area (TPSA) is 91.0 Å². The molecule has 0 bridgehead atoms. The van der Waals surface area contributed by atoms with Crippen molar-refractivity contribution >= 4 is 29.2 Å². The zero-order valence-corrected chi connectivity index (χ0v) is 12.5. The second-order valence-electron chi connectivity index (χ2n) is 4.34. The first-order chi connectivity index (χ1) is 9.92. The maximum absolute atomic E-state index is 12.0. The van der Waals surface area contributed by atoms with E-state index < -0.39 is 5.97 Å². The number of hydrogen-bond donors (Lipinski definition) is 1. The van der Waals surface area contributed by atoms with Gasteiger partial charge in [-0.3, -0.25) is 14.2 Å². The Balaban J connectivity index is 2.13. The molecule has 0 fully saturated rings. The lowest BCUT2D eigenvalue weighted by molar-refractivity contribution is -0.116. The Hall–Kier alpha value is -2.35. The van der Waals surface area contributed by atoms with E-state index in [9.17, 15) is 9.59 Å². The van der Waals surface area contributed by atoms with Crippen molar-refractivity contribution in [1.29, 1.82) is 0 Å². The van der Waals surface area contributed by atoms with Crippen molar-refractivity contribution in [1.82, 2.24) is 19.6 Å². The molecule has 0 saturated carbocycles.